The summed E-state index contributed by atoms with van der Waals surface area (Å²) in [7, 11) is 0. The van der Waals surface area contributed by atoms with Crippen LogP contribution in [-0.2, 0) is 0 Å². The fourth-order valence-electron chi connectivity index (χ4n) is 4.66. The predicted molar refractivity (Wildman–Crippen MR) is 105 cm³/mol. The minimum atomic E-state index is -2.67. The number of aromatic nitrogens is 4. The summed E-state index contributed by atoms with van der Waals surface area (Å²) in [5.74, 6) is -1.07. The fraction of sp³-hybridized carbons (Fsp3) is 0.429. The van der Waals surface area contributed by atoms with Crippen LogP contribution in [0, 0.1) is 5.92 Å². The van der Waals surface area contributed by atoms with Crippen LogP contribution in [0.2, 0.25) is 0 Å². The molecule has 2 fully saturated rings. The molecule has 1 saturated carbocycles. The standard InChI is InChI=1S/C21H20F2N6O/c22-21(23)2-5-27(6-3-21)20(30)13-7-17-16-8-14(16)11-29(19(17)24-10-13)15-1-4-28-12-25-26-18(28)9-15/h1,4,7,9-10,12,14,16H,2-3,5-6,8,11H2. The van der Waals surface area contributed by atoms with Crippen LogP contribution < -0.4 is 4.90 Å². The summed E-state index contributed by atoms with van der Waals surface area (Å²) in [4.78, 5) is 21.2. The molecule has 1 amide bonds. The molecule has 3 aromatic heterocycles. The number of pyridine rings is 2. The molecule has 0 radical (unpaired) electrons. The van der Waals surface area contributed by atoms with Gasteiger partial charge < -0.3 is 9.80 Å². The molecule has 30 heavy (non-hydrogen) atoms. The third-order valence-corrected chi connectivity index (χ3v) is 6.51. The summed E-state index contributed by atoms with van der Waals surface area (Å²) < 4.78 is 28.7. The summed E-state index contributed by atoms with van der Waals surface area (Å²) in [5, 5.41) is 8.05. The number of carbonyl (C=O) groups excluding carboxylic acids is 1. The highest BCUT2D eigenvalue weighted by Gasteiger charge is 2.46. The van der Waals surface area contributed by atoms with Gasteiger partial charge in [-0.1, -0.05) is 0 Å². The van der Waals surface area contributed by atoms with E-state index in [0.29, 0.717) is 17.4 Å². The number of nitrogens with zero attached hydrogens (tertiary/aromatic N) is 6. The number of likely N-dealkylation sites (tertiary alicyclic amines) is 1. The second kappa shape index (κ2) is 6.20. The first-order chi connectivity index (χ1) is 14.5. The van der Waals surface area contributed by atoms with Crippen molar-refractivity contribution in [2.75, 3.05) is 24.5 Å². The van der Waals surface area contributed by atoms with Crippen molar-refractivity contribution >= 4 is 23.1 Å². The minimum Gasteiger partial charge on any atom is -0.338 e. The summed E-state index contributed by atoms with van der Waals surface area (Å²) in [6.07, 6.45) is 5.69. The monoisotopic (exact) mass is 410 g/mol. The van der Waals surface area contributed by atoms with E-state index in [-0.39, 0.29) is 31.8 Å². The van der Waals surface area contributed by atoms with Gasteiger partial charge in [0.15, 0.2) is 5.65 Å². The molecule has 1 aliphatic carbocycles. The van der Waals surface area contributed by atoms with E-state index < -0.39 is 5.92 Å². The molecule has 154 valence electrons. The van der Waals surface area contributed by atoms with Gasteiger partial charge in [-0.3, -0.25) is 9.20 Å². The lowest BCUT2D eigenvalue weighted by molar-refractivity contribution is -0.0494. The lowest BCUT2D eigenvalue weighted by atomic mass is 10.0. The maximum absolute atomic E-state index is 13.4. The zero-order valence-corrected chi connectivity index (χ0v) is 16.2. The number of hydrogen-bond acceptors (Lipinski definition) is 5. The van der Waals surface area contributed by atoms with E-state index in [0.717, 1.165) is 35.7 Å². The first-order valence-corrected chi connectivity index (χ1v) is 10.2. The van der Waals surface area contributed by atoms with E-state index in [9.17, 15) is 13.6 Å². The number of rotatable bonds is 2. The average molecular weight is 410 g/mol. The molecule has 3 aromatic rings. The molecule has 0 bridgehead atoms. The highest BCUT2D eigenvalue weighted by molar-refractivity contribution is 5.94. The normalized spacial score (nSPS) is 24.5. The molecule has 1 saturated heterocycles. The summed E-state index contributed by atoms with van der Waals surface area (Å²) >= 11 is 0. The van der Waals surface area contributed by atoms with Crippen LogP contribution in [0.25, 0.3) is 5.65 Å². The number of carbonyl (C=O) groups is 1. The van der Waals surface area contributed by atoms with E-state index >= 15 is 0 Å². The Hall–Kier alpha value is -3.10. The molecule has 5 heterocycles. The number of alkyl halides is 2. The first kappa shape index (κ1) is 17.7. The maximum Gasteiger partial charge on any atom is 0.255 e. The van der Waals surface area contributed by atoms with Crippen molar-refractivity contribution in [3.8, 4) is 0 Å². The van der Waals surface area contributed by atoms with Crippen LogP contribution in [0.5, 0.6) is 0 Å². The number of fused-ring (bicyclic) bond motifs is 4. The second-order valence-corrected chi connectivity index (χ2v) is 8.48. The van der Waals surface area contributed by atoms with E-state index in [1.807, 2.05) is 28.8 Å². The predicted octanol–water partition coefficient (Wildman–Crippen LogP) is 3.25. The largest absolute Gasteiger partial charge is 0.338 e. The Morgan fingerprint density at radius 3 is 2.87 bits per heavy atom. The van der Waals surface area contributed by atoms with Crippen molar-refractivity contribution in [1.29, 1.82) is 0 Å². The lowest BCUT2D eigenvalue weighted by Crippen LogP contribution is -2.42. The molecule has 0 spiro atoms. The topological polar surface area (TPSA) is 66.6 Å². The Balaban J connectivity index is 1.32. The fourth-order valence-corrected chi connectivity index (χ4v) is 4.66. The lowest BCUT2D eigenvalue weighted by Gasteiger charge is -2.33. The summed E-state index contributed by atoms with van der Waals surface area (Å²) in [5.41, 5.74) is 3.31. The van der Waals surface area contributed by atoms with Gasteiger partial charge in [0.2, 0.25) is 0 Å². The van der Waals surface area contributed by atoms with Crippen LogP contribution in [0.4, 0.5) is 20.3 Å². The molecular weight excluding hydrogens is 390 g/mol. The molecule has 0 N–H and O–H groups in total. The van der Waals surface area contributed by atoms with Gasteiger partial charge in [0, 0.05) is 56.6 Å². The number of halogens is 2. The Kier molecular flexibility index (Phi) is 3.66. The van der Waals surface area contributed by atoms with E-state index in [4.69, 9.17) is 0 Å². The molecule has 2 atom stereocenters. The quantitative estimate of drug-likeness (QED) is 0.649. The van der Waals surface area contributed by atoms with Crippen LogP contribution in [0.1, 0.15) is 41.1 Å². The molecule has 3 aliphatic rings. The molecule has 0 aromatic carbocycles. The Morgan fingerprint density at radius 2 is 2.03 bits per heavy atom. The first-order valence-electron chi connectivity index (χ1n) is 10.2. The average Bonchev–Trinajstić information content (AvgIpc) is 3.39. The number of hydrogen-bond donors (Lipinski definition) is 0. The van der Waals surface area contributed by atoms with E-state index in [1.165, 1.54) is 4.90 Å². The molecule has 2 unspecified atom stereocenters. The maximum atomic E-state index is 13.4. The molecule has 6 rings (SSSR count). The zero-order valence-electron chi connectivity index (χ0n) is 16.2. The van der Waals surface area contributed by atoms with E-state index in [2.05, 4.69) is 20.1 Å². The van der Waals surface area contributed by atoms with Crippen molar-refractivity contribution < 1.29 is 13.6 Å². The van der Waals surface area contributed by atoms with Gasteiger partial charge >= 0.3 is 0 Å². The number of piperidine rings is 1. The molecule has 9 heteroatoms. The summed E-state index contributed by atoms with van der Waals surface area (Å²) in [6, 6.07) is 5.91. The Morgan fingerprint density at radius 1 is 1.20 bits per heavy atom. The van der Waals surface area contributed by atoms with Crippen LogP contribution in [0.15, 0.2) is 36.9 Å². The SMILES string of the molecule is O=C(c1cnc2c(c1)C1CC1CN2c1ccn2cnnc2c1)N1CCC(F)(F)CC1. The van der Waals surface area contributed by atoms with Crippen molar-refractivity contribution in [3.05, 3.63) is 48.0 Å². The van der Waals surface area contributed by atoms with E-state index in [1.54, 1.807) is 12.5 Å². The summed E-state index contributed by atoms with van der Waals surface area (Å²) in [6.45, 7) is 1.04. The van der Waals surface area contributed by atoms with Gasteiger partial charge in [0.05, 0.1) is 5.56 Å². The van der Waals surface area contributed by atoms with Gasteiger partial charge in [0.1, 0.15) is 12.1 Å². The van der Waals surface area contributed by atoms with Gasteiger partial charge in [0.25, 0.3) is 11.8 Å². The zero-order chi connectivity index (χ0) is 20.5. The highest BCUT2D eigenvalue weighted by Crippen LogP contribution is 2.55. The molecule has 7 nitrogen and oxygen atoms in total. The molecule has 2 aliphatic heterocycles. The smallest absolute Gasteiger partial charge is 0.255 e. The van der Waals surface area contributed by atoms with Crippen LogP contribution in [0.3, 0.4) is 0 Å². The van der Waals surface area contributed by atoms with Crippen molar-refractivity contribution in [3.63, 3.8) is 0 Å². The van der Waals surface area contributed by atoms with Crippen molar-refractivity contribution in [2.45, 2.75) is 31.1 Å². The van der Waals surface area contributed by atoms with Crippen LogP contribution >= 0.6 is 0 Å². The van der Waals surface area contributed by atoms with Crippen LogP contribution in [-0.4, -0.2) is 55.9 Å². The second-order valence-electron chi connectivity index (χ2n) is 8.48. The van der Waals surface area contributed by atoms with Crippen molar-refractivity contribution in [1.82, 2.24) is 24.5 Å². The number of amides is 1. The van der Waals surface area contributed by atoms with Gasteiger partial charge in [-0.2, -0.15) is 0 Å². The van der Waals surface area contributed by atoms with Crippen molar-refractivity contribution in [2.24, 2.45) is 5.92 Å². The molecular formula is C21H20F2N6O. The van der Waals surface area contributed by atoms with Gasteiger partial charge in [-0.25, -0.2) is 13.8 Å². The minimum absolute atomic E-state index is 0.0828. The van der Waals surface area contributed by atoms with Gasteiger partial charge in [-0.15, -0.1) is 10.2 Å². The number of anilines is 2. The Bertz CT molecular complexity index is 1150. The third kappa shape index (κ3) is 2.83. The Labute approximate surface area is 171 Å². The van der Waals surface area contributed by atoms with Gasteiger partial charge in [-0.05, 0) is 36.0 Å². The highest BCUT2D eigenvalue weighted by atomic mass is 19.3. The third-order valence-electron chi connectivity index (χ3n) is 6.51.